The summed E-state index contributed by atoms with van der Waals surface area (Å²) in [5.74, 6) is -2.29. The highest BCUT2D eigenvalue weighted by Gasteiger charge is 2.65. The number of amides is 1. The summed E-state index contributed by atoms with van der Waals surface area (Å²) in [6, 6.07) is 1.72. The zero-order valence-corrected chi connectivity index (χ0v) is 9.65. The number of carboxylic acids is 1. The van der Waals surface area contributed by atoms with Crippen LogP contribution in [0.4, 0.5) is 0 Å². The van der Waals surface area contributed by atoms with E-state index in [4.69, 9.17) is 10.4 Å². The smallest absolute Gasteiger partial charge is 0.307 e. The van der Waals surface area contributed by atoms with Gasteiger partial charge in [-0.15, -0.1) is 0 Å². The fourth-order valence-electron chi connectivity index (χ4n) is 2.11. The third kappa shape index (κ3) is 2.16. The lowest BCUT2D eigenvalue weighted by Gasteiger charge is -2.10. The summed E-state index contributed by atoms with van der Waals surface area (Å²) < 4.78 is 0. The van der Waals surface area contributed by atoms with Crippen LogP contribution in [0.1, 0.15) is 27.2 Å². The molecule has 5 nitrogen and oxygen atoms in total. The summed E-state index contributed by atoms with van der Waals surface area (Å²) in [6.07, 6.45) is 0.233. The first-order valence-electron chi connectivity index (χ1n) is 5.22. The van der Waals surface area contributed by atoms with Crippen molar-refractivity contribution < 1.29 is 14.7 Å². The lowest BCUT2D eigenvalue weighted by molar-refractivity contribution is -0.140. The van der Waals surface area contributed by atoms with E-state index in [2.05, 4.69) is 5.32 Å². The van der Waals surface area contributed by atoms with Crippen molar-refractivity contribution in [1.82, 2.24) is 5.32 Å². The van der Waals surface area contributed by atoms with Crippen LogP contribution in [0.3, 0.4) is 0 Å². The van der Waals surface area contributed by atoms with E-state index in [-0.39, 0.29) is 18.4 Å². The number of carbonyl (C=O) groups excluding carboxylic acids is 1. The van der Waals surface area contributed by atoms with Crippen LogP contribution in [0.5, 0.6) is 0 Å². The summed E-state index contributed by atoms with van der Waals surface area (Å²) in [6.45, 7) is 5.27. The normalized spacial score (nSPS) is 27.6. The van der Waals surface area contributed by atoms with E-state index in [1.54, 1.807) is 20.8 Å². The second-order valence-electron chi connectivity index (χ2n) is 4.89. The Morgan fingerprint density at radius 2 is 2.06 bits per heavy atom. The molecular weight excluding hydrogens is 208 g/mol. The zero-order valence-electron chi connectivity index (χ0n) is 9.65. The van der Waals surface area contributed by atoms with Gasteiger partial charge in [0.05, 0.1) is 24.3 Å². The summed E-state index contributed by atoms with van der Waals surface area (Å²) in [5.41, 5.74) is -0.484. The Kier molecular flexibility index (Phi) is 3.22. The number of rotatable bonds is 4. The lowest BCUT2D eigenvalue weighted by atomic mass is 10.1. The molecule has 1 aliphatic carbocycles. The van der Waals surface area contributed by atoms with Gasteiger partial charge in [0.1, 0.15) is 0 Å². The molecule has 3 atom stereocenters. The van der Waals surface area contributed by atoms with Gasteiger partial charge < -0.3 is 10.4 Å². The van der Waals surface area contributed by atoms with Crippen LogP contribution in [0.2, 0.25) is 0 Å². The van der Waals surface area contributed by atoms with Gasteiger partial charge in [0, 0.05) is 6.04 Å². The van der Waals surface area contributed by atoms with Crippen molar-refractivity contribution >= 4 is 11.9 Å². The average molecular weight is 224 g/mol. The lowest BCUT2D eigenvalue weighted by Crippen LogP contribution is -2.34. The molecule has 3 unspecified atom stereocenters. The molecule has 0 spiro atoms. The molecule has 88 valence electrons. The van der Waals surface area contributed by atoms with Gasteiger partial charge in [0.25, 0.3) is 0 Å². The van der Waals surface area contributed by atoms with Crippen LogP contribution in [-0.2, 0) is 9.59 Å². The second kappa shape index (κ2) is 4.12. The van der Waals surface area contributed by atoms with Crippen LogP contribution in [-0.4, -0.2) is 23.0 Å². The largest absolute Gasteiger partial charge is 0.481 e. The van der Waals surface area contributed by atoms with Gasteiger partial charge in [-0.2, -0.15) is 5.26 Å². The molecule has 1 rings (SSSR count). The van der Waals surface area contributed by atoms with Crippen LogP contribution >= 0.6 is 0 Å². The number of carboxylic acid groups (broad SMARTS) is 1. The minimum atomic E-state index is -0.932. The van der Waals surface area contributed by atoms with Crippen molar-refractivity contribution in [3.63, 3.8) is 0 Å². The molecule has 0 aliphatic heterocycles. The molecule has 1 fully saturated rings. The molecule has 1 amide bonds. The first-order chi connectivity index (χ1) is 7.32. The van der Waals surface area contributed by atoms with Crippen molar-refractivity contribution in [3.8, 4) is 6.07 Å². The molecule has 0 aromatic rings. The fourth-order valence-corrected chi connectivity index (χ4v) is 2.11. The molecule has 16 heavy (non-hydrogen) atoms. The van der Waals surface area contributed by atoms with E-state index in [1.165, 1.54) is 0 Å². The van der Waals surface area contributed by atoms with Gasteiger partial charge in [0.2, 0.25) is 5.91 Å². The summed E-state index contributed by atoms with van der Waals surface area (Å²) in [5, 5.41) is 20.0. The zero-order chi connectivity index (χ0) is 12.5. The van der Waals surface area contributed by atoms with Gasteiger partial charge in [-0.1, -0.05) is 13.8 Å². The highest BCUT2D eigenvalue weighted by molar-refractivity contribution is 5.91. The maximum absolute atomic E-state index is 11.7. The number of aliphatic carboxylic acids is 1. The van der Waals surface area contributed by atoms with Gasteiger partial charge in [-0.25, -0.2) is 0 Å². The number of nitriles is 1. The Labute approximate surface area is 94.4 Å². The monoisotopic (exact) mass is 224 g/mol. The van der Waals surface area contributed by atoms with Crippen LogP contribution < -0.4 is 5.32 Å². The Balaban J connectivity index is 2.58. The van der Waals surface area contributed by atoms with E-state index in [0.717, 1.165) is 0 Å². The van der Waals surface area contributed by atoms with Crippen molar-refractivity contribution in [1.29, 1.82) is 5.26 Å². The molecule has 2 N–H and O–H groups in total. The van der Waals surface area contributed by atoms with Gasteiger partial charge in [0.15, 0.2) is 0 Å². The number of nitrogens with zero attached hydrogens (tertiary/aromatic N) is 1. The predicted molar refractivity (Wildman–Crippen MR) is 56.2 cm³/mol. The minimum absolute atomic E-state index is 0.233. The molecular formula is C11H16N2O3. The van der Waals surface area contributed by atoms with Crippen molar-refractivity contribution in [2.45, 2.75) is 33.2 Å². The average Bonchev–Trinajstić information content (AvgIpc) is 2.69. The molecule has 1 saturated carbocycles. The topological polar surface area (TPSA) is 90.2 Å². The quantitative estimate of drug-likeness (QED) is 0.737. The fraction of sp³-hybridized carbons (Fsp3) is 0.727. The number of hydrogen-bond donors (Lipinski definition) is 2. The van der Waals surface area contributed by atoms with E-state index in [1.807, 2.05) is 6.07 Å². The molecule has 0 aromatic carbocycles. The standard InChI is InChI=1S/C11H16N2O3/c1-6(4-5-12)13-9(14)7-8(10(15)16)11(7,2)3/h6-8H,4H2,1-3H3,(H,13,14)(H,15,16). The first-order valence-corrected chi connectivity index (χ1v) is 5.22. The van der Waals surface area contributed by atoms with Crippen LogP contribution in [0.25, 0.3) is 0 Å². The first kappa shape index (κ1) is 12.5. The molecule has 5 heteroatoms. The van der Waals surface area contributed by atoms with Crippen LogP contribution in [0, 0.1) is 28.6 Å². The van der Waals surface area contributed by atoms with Crippen molar-refractivity contribution in [2.75, 3.05) is 0 Å². The van der Waals surface area contributed by atoms with Crippen LogP contribution in [0.15, 0.2) is 0 Å². The number of carbonyl (C=O) groups is 2. The van der Waals surface area contributed by atoms with Gasteiger partial charge in [-0.3, -0.25) is 9.59 Å². The molecule has 0 heterocycles. The number of hydrogen-bond acceptors (Lipinski definition) is 3. The van der Waals surface area contributed by atoms with E-state index >= 15 is 0 Å². The predicted octanol–water partition coefficient (Wildman–Crippen LogP) is 0.762. The van der Waals surface area contributed by atoms with E-state index in [0.29, 0.717) is 0 Å². The number of nitrogens with one attached hydrogen (secondary N) is 1. The highest BCUT2D eigenvalue weighted by atomic mass is 16.4. The summed E-state index contributed by atoms with van der Waals surface area (Å²) in [4.78, 5) is 22.6. The molecule has 0 radical (unpaired) electrons. The Hall–Kier alpha value is -1.57. The van der Waals surface area contributed by atoms with Crippen molar-refractivity contribution in [3.05, 3.63) is 0 Å². The molecule has 1 aliphatic rings. The second-order valence-corrected chi connectivity index (χ2v) is 4.89. The van der Waals surface area contributed by atoms with Gasteiger partial charge >= 0.3 is 5.97 Å². The van der Waals surface area contributed by atoms with Crippen molar-refractivity contribution in [2.24, 2.45) is 17.3 Å². The van der Waals surface area contributed by atoms with Gasteiger partial charge in [-0.05, 0) is 12.3 Å². The third-order valence-corrected chi connectivity index (χ3v) is 3.16. The Morgan fingerprint density at radius 1 is 1.50 bits per heavy atom. The third-order valence-electron chi connectivity index (χ3n) is 3.16. The van der Waals surface area contributed by atoms with E-state index in [9.17, 15) is 9.59 Å². The molecule has 0 saturated heterocycles. The maximum atomic E-state index is 11.7. The summed E-state index contributed by atoms with van der Waals surface area (Å²) >= 11 is 0. The SMILES string of the molecule is CC(CC#N)NC(=O)C1C(C(=O)O)C1(C)C. The Morgan fingerprint density at radius 3 is 2.44 bits per heavy atom. The Bertz CT molecular complexity index is 357. The maximum Gasteiger partial charge on any atom is 0.307 e. The molecule has 0 bridgehead atoms. The summed E-state index contributed by atoms with van der Waals surface area (Å²) in [7, 11) is 0. The van der Waals surface area contributed by atoms with E-state index < -0.39 is 23.2 Å². The highest BCUT2D eigenvalue weighted by Crippen LogP contribution is 2.58. The molecule has 0 aromatic heterocycles. The minimum Gasteiger partial charge on any atom is -0.481 e.